The van der Waals surface area contributed by atoms with Crippen LogP contribution in [-0.2, 0) is 6.42 Å². The van der Waals surface area contributed by atoms with Crippen LogP contribution < -0.4 is 10.2 Å². The number of aromatic nitrogens is 9. The Bertz CT molecular complexity index is 1540. The maximum absolute atomic E-state index is 14.8. The number of benzene rings is 1. The molecule has 0 radical (unpaired) electrons. The van der Waals surface area contributed by atoms with Crippen LogP contribution in [0.3, 0.4) is 0 Å². The van der Waals surface area contributed by atoms with Gasteiger partial charge >= 0.3 is 0 Å². The van der Waals surface area contributed by atoms with Gasteiger partial charge in [0.25, 0.3) is 0 Å². The molecule has 36 heavy (non-hydrogen) atoms. The van der Waals surface area contributed by atoms with Gasteiger partial charge in [-0.1, -0.05) is 13.0 Å². The number of rotatable bonds is 6. The first-order chi connectivity index (χ1) is 17.7. The van der Waals surface area contributed by atoms with Gasteiger partial charge in [-0.2, -0.15) is 0 Å². The minimum atomic E-state index is -0.452. The van der Waals surface area contributed by atoms with Crippen molar-refractivity contribution in [3.05, 3.63) is 78.7 Å². The van der Waals surface area contributed by atoms with E-state index in [0.717, 1.165) is 47.7 Å². The van der Waals surface area contributed by atoms with Crippen LogP contribution in [0.25, 0.3) is 16.8 Å². The van der Waals surface area contributed by atoms with Gasteiger partial charge in [0, 0.05) is 37.7 Å². The highest BCUT2D eigenvalue weighted by Gasteiger charge is 2.19. The van der Waals surface area contributed by atoms with E-state index in [2.05, 4.69) is 58.7 Å². The lowest BCUT2D eigenvalue weighted by Gasteiger charge is -2.26. The smallest absolute Gasteiger partial charge is 0.225 e. The molecule has 0 amide bonds. The third-order valence-electron chi connectivity index (χ3n) is 6.17. The molecule has 12 heteroatoms. The number of fused-ring (bicyclic) bond motifs is 1. The van der Waals surface area contributed by atoms with E-state index in [4.69, 9.17) is 0 Å². The zero-order valence-corrected chi connectivity index (χ0v) is 19.5. The maximum atomic E-state index is 14.8. The Labute approximate surface area is 205 Å². The first-order valence-electron chi connectivity index (χ1n) is 11.6. The zero-order valence-electron chi connectivity index (χ0n) is 19.5. The normalized spacial score (nSPS) is 13.7. The van der Waals surface area contributed by atoms with Crippen molar-refractivity contribution in [1.82, 2.24) is 44.5 Å². The summed E-state index contributed by atoms with van der Waals surface area (Å²) in [5, 5.41) is 14.0. The standard InChI is InChI=1S/C24H22FN11/c1-2-16-12-27-23(28-13-16)34-9-6-17(7-10-34)22-21-5-8-26-24(35(21)14-29-22)31-20-4-3-18(11-19(20)25)36-15-30-32-33-36/h3-6,8,11-15H,2,7,9-10H2,1H3,(H,26,31). The molecule has 0 atom stereocenters. The van der Waals surface area contributed by atoms with Crippen molar-refractivity contribution < 1.29 is 4.39 Å². The molecule has 0 unspecified atom stereocenters. The number of aryl methyl sites for hydroxylation is 1. The summed E-state index contributed by atoms with van der Waals surface area (Å²) in [6, 6.07) is 6.61. The molecular weight excluding hydrogens is 461 g/mol. The topological polar surface area (TPSA) is 115 Å². The van der Waals surface area contributed by atoms with Gasteiger partial charge in [0.1, 0.15) is 18.5 Å². The lowest BCUT2D eigenvalue weighted by atomic mass is 10.0. The van der Waals surface area contributed by atoms with Gasteiger partial charge in [0.05, 0.1) is 22.6 Å². The van der Waals surface area contributed by atoms with Gasteiger partial charge in [-0.15, -0.1) is 5.10 Å². The molecule has 1 aliphatic heterocycles. The van der Waals surface area contributed by atoms with Crippen molar-refractivity contribution in [2.45, 2.75) is 19.8 Å². The second kappa shape index (κ2) is 9.13. The number of nitrogens with one attached hydrogen (secondary N) is 1. The molecule has 1 aromatic carbocycles. The van der Waals surface area contributed by atoms with E-state index < -0.39 is 5.82 Å². The second-order valence-electron chi connectivity index (χ2n) is 8.33. The SMILES string of the molecule is CCc1cnc(N2CC=C(c3ncn4c(Nc5ccc(-n6cnnn6)cc5F)nccc34)CC2)nc1. The average molecular weight is 484 g/mol. The summed E-state index contributed by atoms with van der Waals surface area (Å²) >= 11 is 0. The Morgan fingerprint density at radius 2 is 1.94 bits per heavy atom. The van der Waals surface area contributed by atoms with Gasteiger partial charge < -0.3 is 10.2 Å². The van der Waals surface area contributed by atoms with Crippen LogP contribution in [0.15, 0.2) is 61.6 Å². The summed E-state index contributed by atoms with van der Waals surface area (Å²) < 4.78 is 18.0. The van der Waals surface area contributed by atoms with Gasteiger partial charge in [0.2, 0.25) is 11.9 Å². The summed E-state index contributed by atoms with van der Waals surface area (Å²) in [5.41, 5.74) is 4.84. The fourth-order valence-corrected chi connectivity index (χ4v) is 4.17. The lowest BCUT2D eigenvalue weighted by Crippen LogP contribution is -2.29. The number of tetrazole rings is 1. The molecule has 1 N–H and O–H groups in total. The fraction of sp³-hybridized carbons (Fsp3) is 0.208. The molecule has 5 aromatic rings. The van der Waals surface area contributed by atoms with Gasteiger partial charge in [-0.25, -0.2) is 29.0 Å². The van der Waals surface area contributed by atoms with Crippen molar-refractivity contribution in [1.29, 1.82) is 0 Å². The van der Waals surface area contributed by atoms with E-state index in [9.17, 15) is 4.39 Å². The summed E-state index contributed by atoms with van der Waals surface area (Å²) in [4.78, 5) is 20.2. The lowest BCUT2D eigenvalue weighted by molar-refractivity contribution is 0.628. The number of hydrogen-bond acceptors (Lipinski definition) is 9. The first-order valence-corrected chi connectivity index (χ1v) is 11.6. The minimum Gasteiger partial charge on any atom is -0.337 e. The number of hydrogen-bond donors (Lipinski definition) is 1. The largest absolute Gasteiger partial charge is 0.337 e. The molecule has 0 spiro atoms. The molecule has 0 aliphatic carbocycles. The van der Waals surface area contributed by atoms with Gasteiger partial charge in [0.15, 0.2) is 0 Å². The van der Waals surface area contributed by atoms with E-state index in [1.807, 2.05) is 22.9 Å². The molecular formula is C24H22FN11. The van der Waals surface area contributed by atoms with Crippen LogP contribution >= 0.6 is 0 Å². The molecule has 0 saturated heterocycles. The molecule has 6 rings (SSSR count). The van der Waals surface area contributed by atoms with E-state index >= 15 is 0 Å². The number of halogens is 1. The fourth-order valence-electron chi connectivity index (χ4n) is 4.17. The molecule has 0 saturated carbocycles. The van der Waals surface area contributed by atoms with Crippen molar-refractivity contribution in [2.24, 2.45) is 0 Å². The van der Waals surface area contributed by atoms with E-state index in [-0.39, 0.29) is 5.69 Å². The average Bonchev–Trinajstić information content (AvgIpc) is 3.61. The van der Waals surface area contributed by atoms with E-state index in [1.165, 1.54) is 17.1 Å². The molecule has 1 aliphatic rings. The maximum Gasteiger partial charge on any atom is 0.225 e. The number of anilines is 3. The van der Waals surface area contributed by atoms with Crippen molar-refractivity contribution >= 4 is 28.7 Å². The third-order valence-corrected chi connectivity index (χ3v) is 6.17. The summed E-state index contributed by atoms with van der Waals surface area (Å²) in [5.74, 6) is 0.746. The first kappa shape index (κ1) is 21.8. The molecule has 180 valence electrons. The van der Waals surface area contributed by atoms with Gasteiger partial charge in [-0.05, 0) is 52.6 Å². The molecule has 4 aromatic heterocycles. The highest BCUT2D eigenvalue weighted by molar-refractivity contribution is 5.78. The van der Waals surface area contributed by atoms with Crippen LogP contribution in [0, 0.1) is 5.82 Å². The van der Waals surface area contributed by atoms with Crippen LogP contribution in [0.4, 0.5) is 22.0 Å². The van der Waals surface area contributed by atoms with Crippen LogP contribution in [0.1, 0.15) is 24.6 Å². The number of imidazole rings is 1. The van der Waals surface area contributed by atoms with Crippen LogP contribution in [0.2, 0.25) is 0 Å². The van der Waals surface area contributed by atoms with Crippen LogP contribution in [0.5, 0.6) is 0 Å². The Kier molecular flexibility index (Phi) is 5.52. The highest BCUT2D eigenvalue weighted by Crippen LogP contribution is 2.28. The Morgan fingerprint density at radius 3 is 2.67 bits per heavy atom. The predicted octanol–water partition coefficient (Wildman–Crippen LogP) is 3.23. The monoisotopic (exact) mass is 483 g/mol. The quantitative estimate of drug-likeness (QED) is 0.389. The Morgan fingerprint density at radius 1 is 1.06 bits per heavy atom. The highest BCUT2D eigenvalue weighted by atomic mass is 19.1. The molecule has 0 fully saturated rings. The Hall–Kier alpha value is -4.74. The van der Waals surface area contributed by atoms with E-state index in [1.54, 1.807) is 24.7 Å². The van der Waals surface area contributed by atoms with Crippen molar-refractivity contribution in [2.75, 3.05) is 23.3 Å². The minimum absolute atomic E-state index is 0.281. The molecule has 5 heterocycles. The van der Waals surface area contributed by atoms with Crippen molar-refractivity contribution in [3.8, 4) is 5.69 Å². The van der Waals surface area contributed by atoms with Crippen LogP contribution in [-0.4, -0.2) is 57.6 Å². The summed E-state index contributed by atoms with van der Waals surface area (Å²) in [7, 11) is 0. The number of nitrogens with zero attached hydrogens (tertiary/aromatic N) is 10. The zero-order chi connectivity index (χ0) is 24.5. The van der Waals surface area contributed by atoms with Crippen molar-refractivity contribution in [3.63, 3.8) is 0 Å². The second-order valence-corrected chi connectivity index (χ2v) is 8.33. The molecule has 0 bridgehead atoms. The van der Waals surface area contributed by atoms with Gasteiger partial charge in [-0.3, -0.25) is 4.40 Å². The summed E-state index contributed by atoms with van der Waals surface area (Å²) in [6.45, 7) is 3.59. The van der Waals surface area contributed by atoms with E-state index in [0.29, 0.717) is 18.2 Å². The predicted molar refractivity (Wildman–Crippen MR) is 132 cm³/mol. The summed E-state index contributed by atoms with van der Waals surface area (Å²) in [6.07, 6.45) is 12.5. The Balaban J connectivity index is 1.23. The third kappa shape index (κ3) is 4.02. The molecule has 11 nitrogen and oxygen atoms in total.